The van der Waals surface area contributed by atoms with Gasteiger partial charge in [0.05, 0.1) is 9.21 Å². The van der Waals surface area contributed by atoms with E-state index in [0.717, 1.165) is 11.3 Å². The maximum atomic E-state index is 12.3. The van der Waals surface area contributed by atoms with Gasteiger partial charge in [0.15, 0.2) is 0 Å². The average molecular weight is 279 g/mol. The second-order valence-corrected chi connectivity index (χ2v) is 6.01. The van der Waals surface area contributed by atoms with Crippen molar-refractivity contribution in [2.75, 3.05) is 5.73 Å². The van der Waals surface area contributed by atoms with E-state index in [4.69, 9.17) is 17.3 Å². The van der Waals surface area contributed by atoms with Crippen LogP contribution in [0.1, 0.15) is 20.8 Å². The quantitative estimate of drug-likeness (QED) is 0.815. The number of nitrogens with two attached hydrogens (primary N) is 1. The van der Waals surface area contributed by atoms with Gasteiger partial charge in [-0.2, -0.15) is 0 Å². The van der Waals surface area contributed by atoms with Gasteiger partial charge in [-0.05, 0) is 35.4 Å². The van der Waals surface area contributed by atoms with E-state index in [0.29, 0.717) is 22.3 Å². The van der Waals surface area contributed by atoms with E-state index in [9.17, 15) is 4.79 Å². The Kier molecular flexibility index (Phi) is 2.76. The third-order valence-electron chi connectivity index (χ3n) is 3.02. The Labute approximate surface area is 114 Å². The van der Waals surface area contributed by atoms with Crippen LogP contribution in [-0.2, 0) is 13.1 Å². The number of carbonyl (C=O) groups is 1. The van der Waals surface area contributed by atoms with Crippen molar-refractivity contribution in [1.29, 1.82) is 0 Å². The van der Waals surface area contributed by atoms with Crippen molar-refractivity contribution < 1.29 is 4.79 Å². The Morgan fingerprint density at radius 1 is 1.22 bits per heavy atom. The molecule has 0 radical (unpaired) electrons. The van der Waals surface area contributed by atoms with Crippen LogP contribution in [0.3, 0.4) is 0 Å². The van der Waals surface area contributed by atoms with Gasteiger partial charge >= 0.3 is 0 Å². The van der Waals surface area contributed by atoms with E-state index in [-0.39, 0.29) is 5.91 Å². The number of carbonyl (C=O) groups excluding carboxylic acids is 1. The molecule has 1 aliphatic heterocycles. The highest BCUT2D eigenvalue weighted by Gasteiger charge is 2.25. The van der Waals surface area contributed by atoms with E-state index < -0.39 is 0 Å². The topological polar surface area (TPSA) is 46.3 Å². The van der Waals surface area contributed by atoms with Gasteiger partial charge in [-0.3, -0.25) is 4.79 Å². The summed E-state index contributed by atoms with van der Waals surface area (Å²) >= 11 is 7.17. The molecular formula is C13H11ClN2OS. The minimum atomic E-state index is 0.0293. The lowest BCUT2D eigenvalue weighted by Crippen LogP contribution is -2.24. The van der Waals surface area contributed by atoms with Crippen LogP contribution in [-0.4, -0.2) is 10.8 Å². The van der Waals surface area contributed by atoms with Crippen LogP contribution in [0, 0.1) is 0 Å². The molecule has 1 amide bonds. The number of hydrogen-bond donors (Lipinski definition) is 1. The van der Waals surface area contributed by atoms with Crippen molar-refractivity contribution >= 4 is 34.5 Å². The van der Waals surface area contributed by atoms with Gasteiger partial charge in [0.1, 0.15) is 0 Å². The van der Waals surface area contributed by atoms with E-state index in [1.807, 2.05) is 23.1 Å². The molecule has 0 saturated carbocycles. The predicted octanol–water partition coefficient (Wildman–Crippen LogP) is 3.14. The first-order valence-electron chi connectivity index (χ1n) is 5.55. The minimum Gasteiger partial charge on any atom is -0.399 e. The van der Waals surface area contributed by atoms with Crippen molar-refractivity contribution in [3.63, 3.8) is 0 Å². The summed E-state index contributed by atoms with van der Waals surface area (Å²) in [6.45, 7) is 1.26. The van der Waals surface area contributed by atoms with Crippen LogP contribution < -0.4 is 5.73 Å². The van der Waals surface area contributed by atoms with Gasteiger partial charge < -0.3 is 10.6 Å². The van der Waals surface area contributed by atoms with Crippen LogP contribution in [0.15, 0.2) is 30.3 Å². The normalized spacial score (nSPS) is 13.7. The molecule has 1 aliphatic rings. The van der Waals surface area contributed by atoms with Gasteiger partial charge in [-0.15, -0.1) is 11.3 Å². The number of benzene rings is 1. The summed E-state index contributed by atoms with van der Waals surface area (Å²) in [4.78, 5) is 14.8. The highest BCUT2D eigenvalue weighted by Crippen LogP contribution is 2.29. The van der Waals surface area contributed by atoms with Crippen LogP contribution in [0.25, 0.3) is 0 Å². The molecule has 1 aromatic heterocycles. The van der Waals surface area contributed by atoms with Crippen LogP contribution in [0.5, 0.6) is 0 Å². The first kappa shape index (κ1) is 11.6. The monoisotopic (exact) mass is 278 g/mol. The van der Waals surface area contributed by atoms with Crippen LogP contribution >= 0.6 is 22.9 Å². The molecule has 2 heterocycles. The van der Waals surface area contributed by atoms with Gasteiger partial charge in [0.25, 0.3) is 5.91 Å². The summed E-state index contributed by atoms with van der Waals surface area (Å²) in [5.41, 5.74) is 8.78. The molecule has 18 heavy (non-hydrogen) atoms. The molecule has 1 aromatic carbocycles. The molecule has 0 aliphatic carbocycles. The number of thiophene rings is 1. The smallest absolute Gasteiger partial charge is 0.264 e. The van der Waals surface area contributed by atoms with Crippen molar-refractivity contribution in [3.8, 4) is 0 Å². The molecule has 5 heteroatoms. The molecule has 0 bridgehead atoms. The van der Waals surface area contributed by atoms with Gasteiger partial charge in [-0.25, -0.2) is 0 Å². The Balaban J connectivity index is 1.83. The molecule has 92 valence electrons. The maximum absolute atomic E-state index is 12.3. The first-order valence-corrected chi connectivity index (χ1v) is 6.75. The number of amides is 1. The largest absolute Gasteiger partial charge is 0.399 e. The fourth-order valence-electron chi connectivity index (χ4n) is 2.14. The third kappa shape index (κ3) is 1.98. The van der Waals surface area contributed by atoms with E-state index in [1.54, 1.807) is 12.1 Å². The Morgan fingerprint density at radius 2 is 2.00 bits per heavy atom. The van der Waals surface area contributed by atoms with Crippen LogP contribution in [0.2, 0.25) is 4.34 Å². The van der Waals surface area contributed by atoms with E-state index >= 15 is 0 Å². The van der Waals surface area contributed by atoms with Gasteiger partial charge in [-0.1, -0.05) is 17.7 Å². The lowest BCUT2D eigenvalue weighted by molar-refractivity contribution is 0.0756. The summed E-state index contributed by atoms with van der Waals surface area (Å²) in [5.74, 6) is 0.0293. The highest BCUT2D eigenvalue weighted by molar-refractivity contribution is 7.17. The molecule has 2 N–H and O–H groups in total. The van der Waals surface area contributed by atoms with Crippen molar-refractivity contribution in [2.24, 2.45) is 0 Å². The van der Waals surface area contributed by atoms with Crippen LogP contribution in [0.4, 0.5) is 5.69 Å². The lowest BCUT2D eigenvalue weighted by atomic mass is 10.1. The second-order valence-electron chi connectivity index (χ2n) is 4.29. The Morgan fingerprint density at radius 3 is 2.72 bits per heavy atom. The lowest BCUT2D eigenvalue weighted by Gasteiger charge is -2.13. The molecule has 0 unspecified atom stereocenters. The van der Waals surface area contributed by atoms with Gasteiger partial charge in [0, 0.05) is 18.8 Å². The standard InChI is InChI=1S/C13H11ClN2OS/c14-12-4-3-11(18-12)13(17)16-6-8-1-2-10(15)5-9(8)7-16/h1-5H,6-7,15H2. The maximum Gasteiger partial charge on any atom is 0.264 e. The van der Waals surface area contributed by atoms with Crippen molar-refractivity contribution in [2.45, 2.75) is 13.1 Å². The molecule has 3 nitrogen and oxygen atoms in total. The zero-order valence-corrected chi connectivity index (χ0v) is 11.1. The molecule has 0 atom stereocenters. The summed E-state index contributed by atoms with van der Waals surface area (Å²) in [5, 5.41) is 0. The molecule has 0 fully saturated rings. The number of nitrogens with zero attached hydrogens (tertiary/aromatic N) is 1. The number of nitrogen functional groups attached to an aromatic ring is 1. The molecule has 0 spiro atoms. The molecule has 2 aromatic rings. The van der Waals surface area contributed by atoms with Crippen molar-refractivity contribution in [3.05, 3.63) is 50.7 Å². The van der Waals surface area contributed by atoms with E-state index in [2.05, 4.69) is 0 Å². The Bertz CT molecular complexity index is 623. The summed E-state index contributed by atoms with van der Waals surface area (Å²) in [6.07, 6.45) is 0. The highest BCUT2D eigenvalue weighted by atomic mass is 35.5. The number of hydrogen-bond acceptors (Lipinski definition) is 3. The molecular weight excluding hydrogens is 268 g/mol. The summed E-state index contributed by atoms with van der Waals surface area (Å²) in [6, 6.07) is 9.31. The predicted molar refractivity (Wildman–Crippen MR) is 73.8 cm³/mol. The SMILES string of the molecule is Nc1ccc2c(c1)CN(C(=O)c1ccc(Cl)s1)C2. The number of halogens is 1. The number of rotatable bonds is 1. The zero-order valence-electron chi connectivity index (χ0n) is 9.52. The third-order valence-corrected chi connectivity index (χ3v) is 4.24. The summed E-state index contributed by atoms with van der Waals surface area (Å²) < 4.78 is 0.638. The minimum absolute atomic E-state index is 0.0293. The fourth-order valence-corrected chi connectivity index (χ4v) is 3.15. The number of anilines is 1. The Hall–Kier alpha value is -1.52. The second kappa shape index (κ2) is 4.30. The van der Waals surface area contributed by atoms with Crippen molar-refractivity contribution in [1.82, 2.24) is 4.90 Å². The molecule has 0 saturated heterocycles. The zero-order chi connectivity index (χ0) is 12.7. The average Bonchev–Trinajstić information content (AvgIpc) is 2.93. The first-order chi connectivity index (χ1) is 8.63. The van der Waals surface area contributed by atoms with Gasteiger partial charge in [0.2, 0.25) is 0 Å². The number of fused-ring (bicyclic) bond motifs is 1. The van der Waals surface area contributed by atoms with E-state index in [1.165, 1.54) is 16.9 Å². The summed E-state index contributed by atoms with van der Waals surface area (Å²) in [7, 11) is 0. The fraction of sp³-hybridized carbons (Fsp3) is 0.154. The molecule has 3 rings (SSSR count).